The molecule has 0 radical (unpaired) electrons. The summed E-state index contributed by atoms with van der Waals surface area (Å²) in [5, 5.41) is 2.70. The summed E-state index contributed by atoms with van der Waals surface area (Å²) < 4.78 is 25.4. The molecule has 5 nitrogen and oxygen atoms in total. The van der Waals surface area contributed by atoms with E-state index in [1.807, 2.05) is 19.9 Å². The highest BCUT2D eigenvalue weighted by atomic mass is 35.5. The summed E-state index contributed by atoms with van der Waals surface area (Å²) in [6, 6.07) is 7.17. The minimum Gasteiger partial charge on any atom is -0.329 e. The Bertz CT molecular complexity index is 703. The van der Waals surface area contributed by atoms with Crippen molar-refractivity contribution in [2.75, 3.05) is 11.9 Å². The van der Waals surface area contributed by atoms with Gasteiger partial charge in [0.2, 0.25) is 5.91 Å². The average molecular weight is 417 g/mol. The van der Waals surface area contributed by atoms with Gasteiger partial charge in [0, 0.05) is 12.2 Å². The van der Waals surface area contributed by atoms with Gasteiger partial charge in [-0.1, -0.05) is 45.2 Å². The van der Waals surface area contributed by atoms with E-state index in [9.17, 15) is 13.2 Å². The zero-order chi connectivity index (χ0) is 19.2. The molecule has 154 valence electrons. The van der Waals surface area contributed by atoms with Crippen LogP contribution >= 0.6 is 12.4 Å². The molecule has 0 heterocycles. The van der Waals surface area contributed by atoms with Crippen molar-refractivity contribution < 1.29 is 13.2 Å². The van der Waals surface area contributed by atoms with Gasteiger partial charge in [0.25, 0.3) is 0 Å². The molecule has 0 bridgehead atoms. The number of nitrogens with one attached hydrogen (secondary N) is 1. The number of hydrogen-bond acceptors (Lipinski definition) is 4. The van der Waals surface area contributed by atoms with Crippen LogP contribution in [0.1, 0.15) is 64.4 Å². The zero-order valence-electron chi connectivity index (χ0n) is 16.4. The number of halogens is 1. The van der Waals surface area contributed by atoms with Gasteiger partial charge >= 0.3 is 0 Å². The van der Waals surface area contributed by atoms with Gasteiger partial charge in [0.05, 0.1) is 16.4 Å². The van der Waals surface area contributed by atoms with E-state index in [4.69, 9.17) is 5.73 Å². The van der Waals surface area contributed by atoms with E-state index >= 15 is 0 Å². The van der Waals surface area contributed by atoms with Crippen LogP contribution in [-0.2, 0) is 20.4 Å². The second kappa shape index (κ2) is 10.4. The van der Waals surface area contributed by atoms with Crippen LogP contribution in [0.3, 0.4) is 0 Å². The maximum atomic E-state index is 12.7. The molecule has 0 atom stereocenters. The van der Waals surface area contributed by atoms with Gasteiger partial charge in [0.15, 0.2) is 9.84 Å². The van der Waals surface area contributed by atoms with Crippen LogP contribution in [0.2, 0.25) is 0 Å². The Morgan fingerprint density at radius 3 is 2.37 bits per heavy atom. The molecule has 0 aliphatic heterocycles. The number of rotatable bonds is 8. The second-order valence-corrected chi connectivity index (χ2v) is 9.69. The molecule has 7 heteroatoms. The highest BCUT2D eigenvalue weighted by Gasteiger charge is 2.33. The van der Waals surface area contributed by atoms with Gasteiger partial charge in [-0.25, -0.2) is 8.42 Å². The second-order valence-electron chi connectivity index (χ2n) is 7.41. The minimum atomic E-state index is -3.16. The first-order chi connectivity index (χ1) is 12.4. The summed E-state index contributed by atoms with van der Waals surface area (Å²) in [5.41, 5.74) is 6.61. The van der Waals surface area contributed by atoms with Gasteiger partial charge in [-0.15, -0.1) is 12.4 Å². The van der Waals surface area contributed by atoms with E-state index in [0.29, 0.717) is 25.1 Å². The Morgan fingerprint density at radius 1 is 1.19 bits per heavy atom. The number of hydrogen-bond donors (Lipinski definition) is 2. The molecule has 0 aromatic heterocycles. The topological polar surface area (TPSA) is 89.3 Å². The van der Waals surface area contributed by atoms with E-state index in [1.165, 1.54) is 0 Å². The molecule has 2 rings (SSSR count). The fourth-order valence-corrected chi connectivity index (χ4v) is 5.66. The number of nitrogens with two attached hydrogens (primary N) is 1. The molecular weight excluding hydrogens is 384 g/mol. The van der Waals surface area contributed by atoms with Gasteiger partial charge in [0.1, 0.15) is 0 Å². The molecule has 1 saturated carbocycles. The van der Waals surface area contributed by atoms with E-state index in [1.54, 1.807) is 18.2 Å². The molecule has 0 spiro atoms. The number of carbonyl (C=O) groups is 1. The highest BCUT2D eigenvalue weighted by molar-refractivity contribution is 7.91. The number of benzene rings is 1. The van der Waals surface area contributed by atoms with Crippen molar-refractivity contribution in [1.29, 1.82) is 0 Å². The summed E-state index contributed by atoms with van der Waals surface area (Å²) in [6.07, 6.45) is 5.99. The van der Waals surface area contributed by atoms with Crippen LogP contribution < -0.4 is 11.1 Å². The smallest absolute Gasteiger partial charge is 0.231 e. The van der Waals surface area contributed by atoms with E-state index in [0.717, 1.165) is 37.7 Å². The van der Waals surface area contributed by atoms with E-state index in [2.05, 4.69) is 5.32 Å². The van der Waals surface area contributed by atoms with Crippen LogP contribution in [0.4, 0.5) is 5.69 Å². The molecule has 0 saturated heterocycles. The summed E-state index contributed by atoms with van der Waals surface area (Å²) in [6.45, 7) is 4.22. The Morgan fingerprint density at radius 2 is 1.81 bits per heavy atom. The zero-order valence-corrected chi connectivity index (χ0v) is 18.0. The summed E-state index contributed by atoms with van der Waals surface area (Å²) >= 11 is 0. The third-order valence-electron chi connectivity index (χ3n) is 5.84. The van der Waals surface area contributed by atoms with Crippen molar-refractivity contribution in [3.05, 3.63) is 29.8 Å². The summed E-state index contributed by atoms with van der Waals surface area (Å²) in [7, 11) is -3.16. The van der Waals surface area contributed by atoms with E-state index in [-0.39, 0.29) is 29.3 Å². The van der Waals surface area contributed by atoms with Gasteiger partial charge in [-0.3, -0.25) is 4.79 Å². The first-order valence-corrected chi connectivity index (χ1v) is 11.4. The lowest BCUT2D eigenvalue weighted by Crippen LogP contribution is -2.41. The maximum Gasteiger partial charge on any atom is 0.231 e. The lowest BCUT2D eigenvalue weighted by Gasteiger charge is -2.28. The first-order valence-electron chi connectivity index (χ1n) is 9.69. The fraction of sp³-hybridized carbons (Fsp3) is 0.650. The predicted octanol–water partition coefficient (Wildman–Crippen LogP) is 4.06. The standard InChI is InChI=1S/C20H32N2O3S.ClH/c1-3-20(4-2,15-21)19(23)22-17-10-8-9-16(13-17)14-26(24,25)18-11-6-5-7-12-18;/h8-10,13,18H,3-7,11-12,14-15,21H2,1-2H3,(H,22,23);1H. The Hall–Kier alpha value is -1.11. The molecule has 3 N–H and O–H groups in total. The molecule has 1 aliphatic carbocycles. The summed E-state index contributed by atoms with van der Waals surface area (Å²) in [5.74, 6) is -0.0670. The normalized spacial score (nSPS) is 15.8. The lowest BCUT2D eigenvalue weighted by molar-refractivity contribution is -0.125. The molecule has 1 aromatic carbocycles. The van der Waals surface area contributed by atoms with Crippen molar-refractivity contribution in [1.82, 2.24) is 0 Å². The maximum absolute atomic E-state index is 12.7. The van der Waals surface area contributed by atoms with Crippen molar-refractivity contribution in [2.45, 2.75) is 69.8 Å². The molecular formula is C20H33ClN2O3S. The summed E-state index contributed by atoms with van der Waals surface area (Å²) in [4.78, 5) is 12.7. The third kappa shape index (κ3) is 5.93. The Balaban J connectivity index is 0.00000364. The predicted molar refractivity (Wildman–Crippen MR) is 114 cm³/mol. The molecule has 1 aliphatic rings. The van der Waals surface area contributed by atoms with Crippen LogP contribution in [0.25, 0.3) is 0 Å². The molecule has 1 aromatic rings. The first kappa shape index (κ1) is 23.9. The molecule has 1 fully saturated rings. The van der Waals surface area contributed by atoms with Crippen LogP contribution in [0.5, 0.6) is 0 Å². The van der Waals surface area contributed by atoms with E-state index < -0.39 is 15.3 Å². The molecule has 0 unspecified atom stereocenters. The van der Waals surface area contributed by atoms with Gasteiger partial charge in [-0.2, -0.15) is 0 Å². The Kier molecular flexibility index (Phi) is 9.25. The highest BCUT2D eigenvalue weighted by Crippen LogP contribution is 2.29. The van der Waals surface area contributed by atoms with Crippen molar-refractivity contribution in [3.8, 4) is 0 Å². The van der Waals surface area contributed by atoms with Crippen molar-refractivity contribution in [2.24, 2.45) is 11.1 Å². The van der Waals surface area contributed by atoms with Gasteiger partial charge in [-0.05, 0) is 43.4 Å². The van der Waals surface area contributed by atoms with Crippen molar-refractivity contribution >= 4 is 33.8 Å². The third-order valence-corrected chi connectivity index (χ3v) is 8.06. The molecule has 27 heavy (non-hydrogen) atoms. The van der Waals surface area contributed by atoms with Crippen LogP contribution in [-0.4, -0.2) is 26.1 Å². The lowest BCUT2D eigenvalue weighted by atomic mass is 9.81. The number of carbonyl (C=O) groups excluding carboxylic acids is 1. The quantitative estimate of drug-likeness (QED) is 0.668. The largest absolute Gasteiger partial charge is 0.329 e. The van der Waals surface area contributed by atoms with Crippen LogP contribution in [0, 0.1) is 5.41 Å². The van der Waals surface area contributed by atoms with Crippen molar-refractivity contribution in [3.63, 3.8) is 0 Å². The van der Waals surface area contributed by atoms with Gasteiger partial charge < -0.3 is 11.1 Å². The monoisotopic (exact) mass is 416 g/mol. The number of anilines is 1. The Labute approximate surface area is 169 Å². The van der Waals surface area contributed by atoms with Crippen LogP contribution in [0.15, 0.2) is 24.3 Å². The minimum absolute atomic E-state index is 0. The SMILES string of the molecule is CCC(CC)(CN)C(=O)Nc1cccc(CS(=O)(=O)C2CCCCC2)c1.Cl. The number of sulfone groups is 1. The number of amides is 1. The average Bonchev–Trinajstić information content (AvgIpc) is 2.64. The fourth-order valence-electron chi connectivity index (χ4n) is 3.73. The molecule has 1 amide bonds.